The van der Waals surface area contributed by atoms with Crippen molar-refractivity contribution in [2.45, 2.75) is 85.1 Å². The summed E-state index contributed by atoms with van der Waals surface area (Å²) in [7, 11) is 0. The molecule has 2 aromatic heterocycles. The second kappa shape index (κ2) is 14.3. The molecule has 284 valence electrons. The van der Waals surface area contributed by atoms with Crippen LogP contribution in [0.4, 0.5) is 17.1 Å². The van der Waals surface area contributed by atoms with Gasteiger partial charge in [-0.15, -0.1) is 47.0 Å². The van der Waals surface area contributed by atoms with Gasteiger partial charge >= 0.3 is 0 Å². The molecule has 0 amide bonds. The van der Waals surface area contributed by atoms with Crippen LogP contribution in [0, 0.1) is 18.8 Å². The zero-order valence-electron chi connectivity index (χ0n) is 33.3. The van der Waals surface area contributed by atoms with Crippen molar-refractivity contribution >= 4 is 38.9 Å². The summed E-state index contributed by atoms with van der Waals surface area (Å²) < 4.78 is 9.01. The standard InChI is InChI=1S/C49H49N4O.Pt/c1-47(2,3)34-19-22-42-41(27-34)40-21-20-38(30-45(40)53(42)46-28-35(23-24-50-46)48(4,5)6)54-39-26-36(49(7,8)9)25-37(29-39)52-32-51(31-33-15-11-10-12-16-33)43-17-13-14-18-44(43)52;/h10-28,32H,31H2,1-9H3;/q-3;. The van der Waals surface area contributed by atoms with Gasteiger partial charge in [0.05, 0.1) is 0 Å². The van der Waals surface area contributed by atoms with Crippen molar-refractivity contribution in [1.29, 1.82) is 0 Å². The Morgan fingerprint density at radius 1 is 0.618 bits per heavy atom. The van der Waals surface area contributed by atoms with Gasteiger partial charge in [0.2, 0.25) is 0 Å². The Hall–Kier alpha value is -4.86. The molecular weight excluding hydrogens is 856 g/mol. The van der Waals surface area contributed by atoms with Crippen LogP contribution in [0.3, 0.4) is 0 Å². The molecule has 0 unspecified atom stereocenters. The van der Waals surface area contributed by atoms with Gasteiger partial charge in [0.25, 0.3) is 0 Å². The minimum atomic E-state index is -0.125. The van der Waals surface area contributed by atoms with Crippen molar-refractivity contribution in [3.63, 3.8) is 0 Å². The van der Waals surface area contributed by atoms with E-state index in [9.17, 15) is 0 Å². The number of hydrogen-bond acceptors (Lipinski definition) is 4. The van der Waals surface area contributed by atoms with Gasteiger partial charge < -0.3 is 19.1 Å². The summed E-state index contributed by atoms with van der Waals surface area (Å²) in [5.41, 5.74) is 10.00. The molecule has 5 aromatic carbocycles. The van der Waals surface area contributed by atoms with Crippen LogP contribution in [-0.4, -0.2) is 9.55 Å². The minimum absolute atomic E-state index is 0. The predicted octanol–water partition coefficient (Wildman–Crippen LogP) is 12.7. The van der Waals surface area contributed by atoms with E-state index in [1.165, 1.54) is 22.1 Å². The Labute approximate surface area is 341 Å². The second-order valence-electron chi connectivity index (χ2n) is 17.6. The summed E-state index contributed by atoms with van der Waals surface area (Å²) in [5, 5.41) is 2.29. The second-order valence-corrected chi connectivity index (χ2v) is 17.6. The van der Waals surface area contributed by atoms with Crippen molar-refractivity contribution < 1.29 is 25.8 Å². The molecule has 0 saturated carbocycles. The molecule has 0 N–H and O–H groups in total. The third-order valence-electron chi connectivity index (χ3n) is 10.4. The Morgan fingerprint density at radius 2 is 1.29 bits per heavy atom. The van der Waals surface area contributed by atoms with E-state index in [2.05, 4.69) is 199 Å². The molecule has 0 bridgehead atoms. The number of para-hydroxylation sites is 2. The van der Waals surface area contributed by atoms with E-state index in [0.29, 0.717) is 11.5 Å². The first-order valence-electron chi connectivity index (χ1n) is 18.9. The molecule has 0 atom stereocenters. The number of anilines is 3. The molecule has 5 nitrogen and oxygen atoms in total. The van der Waals surface area contributed by atoms with Gasteiger partial charge in [-0.2, -0.15) is 12.7 Å². The number of pyridine rings is 1. The molecule has 0 saturated heterocycles. The monoisotopic (exact) mass is 904 g/mol. The number of rotatable bonds is 6. The number of benzene rings is 5. The Bertz CT molecular complexity index is 2500. The van der Waals surface area contributed by atoms with Crippen LogP contribution in [0.15, 0.2) is 115 Å². The fourth-order valence-corrected chi connectivity index (χ4v) is 7.23. The smallest absolute Gasteiger partial charge is 0.135 e. The van der Waals surface area contributed by atoms with Gasteiger partial charge in [-0.1, -0.05) is 122 Å². The van der Waals surface area contributed by atoms with Crippen molar-refractivity contribution in [2.75, 3.05) is 9.80 Å². The van der Waals surface area contributed by atoms with E-state index in [1.807, 2.05) is 12.3 Å². The van der Waals surface area contributed by atoms with Crippen molar-refractivity contribution in [1.82, 2.24) is 9.55 Å². The van der Waals surface area contributed by atoms with Crippen molar-refractivity contribution in [2.24, 2.45) is 0 Å². The first kappa shape index (κ1) is 38.4. The normalized spacial score (nSPS) is 13.3. The van der Waals surface area contributed by atoms with Gasteiger partial charge in [-0.25, -0.2) is 4.98 Å². The number of aromatic nitrogens is 2. The number of nitrogens with zero attached hydrogens (tertiary/aromatic N) is 4. The zero-order chi connectivity index (χ0) is 38.0. The summed E-state index contributed by atoms with van der Waals surface area (Å²) >= 11 is 0. The maximum absolute atomic E-state index is 6.78. The summed E-state index contributed by atoms with van der Waals surface area (Å²) in [5.74, 6) is 2.14. The maximum Gasteiger partial charge on any atom is 0.135 e. The van der Waals surface area contributed by atoms with Gasteiger partial charge in [-0.3, -0.25) is 0 Å². The third-order valence-corrected chi connectivity index (χ3v) is 10.4. The van der Waals surface area contributed by atoms with E-state index in [-0.39, 0.29) is 37.3 Å². The molecule has 55 heavy (non-hydrogen) atoms. The average molecular weight is 905 g/mol. The van der Waals surface area contributed by atoms with E-state index in [1.54, 1.807) is 0 Å². The van der Waals surface area contributed by atoms with Crippen LogP contribution < -0.4 is 14.5 Å². The largest absolute Gasteiger partial charge is 0.509 e. The van der Waals surface area contributed by atoms with Gasteiger partial charge in [0.15, 0.2) is 0 Å². The summed E-state index contributed by atoms with van der Waals surface area (Å²) in [6.07, 6.45) is 1.92. The molecule has 3 heterocycles. The fourth-order valence-electron chi connectivity index (χ4n) is 7.23. The van der Waals surface area contributed by atoms with E-state index in [0.717, 1.165) is 51.4 Å². The van der Waals surface area contributed by atoms with Gasteiger partial charge in [0.1, 0.15) is 5.82 Å². The third kappa shape index (κ3) is 7.56. The van der Waals surface area contributed by atoms with E-state index in [4.69, 9.17) is 9.72 Å². The number of hydrogen-bond donors (Lipinski definition) is 0. The molecule has 7 aromatic rings. The Morgan fingerprint density at radius 3 is 2.00 bits per heavy atom. The molecule has 1 aliphatic rings. The van der Waals surface area contributed by atoms with Crippen LogP contribution in [0.5, 0.6) is 11.5 Å². The molecule has 0 radical (unpaired) electrons. The van der Waals surface area contributed by atoms with Crippen molar-refractivity contribution in [3.8, 4) is 17.3 Å². The minimum Gasteiger partial charge on any atom is -0.509 e. The topological polar surface area (TPSA) is 33.5 Å². The zero-order valence-corrected chi connectivity index (χ0v) is 35.5. The van der Waals surface area contributed by atoms with E-state index >= 15 is 0 Å². The Balaban J connectivity index is 0.00000465. The van der Waals surface area contributed by atoms with Crippen LogP contribution in [-0.2, 0) is 43.9 Å². The van der Waals surface area contributed by atoms with Gasteiger partial charge in [0, 0.05) is 62.2 Å². The van der Waals surface area contributed by atoms with Crippen molar-refractivity contribution in [3.05, 3.63) is 156 Å². The SMILES string of the molecule is CC(C)(C)c1cc(Oc2[c-]c3c(cc2)c2cc(C(C)(C)C)ccc2n3-c2cc(C(C)(C)C)ccn2)[c-]c(N2[CH-]N(Cc3ccccc3)c3ccccc32)c1.[Pt]. The number of ether oxygens (including phenoxy) is 1. The summed E-state index contributed by atoms with van der Waals surface area (Å²) in [4.78, 5) is 9.44. The fraction of sp³-hybridized carbons (Fsp3) is 0.265. The number of fused-ring (bicyclic) bond motifs is 4. The van der Waals surface area contributed by atoms with Crippen LogP contribution in [0.2, 0.25) is 0 Å². The molecule has 0 aliphatic carbocycles. The maximum atomic E-state index is 6.78. The summed E-state index contributed by atoms with van der Waals surface area (Å²) in [6, 6.07) is 46.1. The molecule has 1 aliphatic heterocycles. The van der Waals surface area contributed by atoms with Crippen LogP contribution in [0.1, 0.15) is 84.6 Å². The van der Waals surface area contributed by atoms with Crippen LogP contribution in [0.25, 0.3) is 27.6 Å². The molecule has 0 spiro atoms. The average Bonchev–Trinajstić information content (AvgIpc) is 3.66. The first-order chi connectivity index (χ1) is 25.6. The Kier molecular flexibility index (Phi) is 10.0. The molecule has 8 rings (SSSR count). The first-order valence-corrected chi connectivity index (χ1v) is 18.9. The predicted molar refractivity (Wildman–Crippen MR) is 224 cm³/mol. The molecular formula is C49H49N4OPt-3. The molecule has 6 heteroatoms. The quantitative estimate of drug-likeness (QED) is 0.156. The van der Waals surface area contributed by atoms with Crippen LogP contribution >= 0.6 is 0 Å². The molecule has 0 fully saturated rings. The van der Waals surface area contributed by atoms with E-state index < -0.39 is 0 Å². The summed E-state index contributed by atoms with van der Waals surface area (Å²) in [6.45, 7) is 23.2. The van der Waals surface area contributed by atoms with Gasteiger partial charge in [-0.05, 0) is 68.7 Å².